The number of carbonyl (C=O) groups excluding carboxylic acids is 1. The molecule has 34 heavy (non-hydrogen) atoms. The number of anilines is 3. The van der Waals surface area contributed by atoms with Gasteiger partial charge in [0.25, 0.3) is 5.91 Å². The lowest BCUT2D eigenvalue weighted by Crippen LogP contribution is -2.15. The molecule has 1 aromatic heterocycles. The second kappa shape index (κ2) is 9.92. The summed E-state index contributed by atoms with van der Waals surface area (Å²) in [6.45, 7) is 0.521. The third kappa shape index (κ3) is 4.76. The lowest BCUT2D eigenvalue weighted by molar-refractivity contribution is 0.102. The van der Waals surface area contributed by atoms with Crippen molar-refractivity contribution in [1.29, 1.82) is 5.26 Å². The van der Waals surface area contributed by atoms with Crippen LogP contribution in [0.2, 0.25) is 0 Å². The highest BCUT2D eigenvalue weighted by Crippen LogP contribution is 2.34. The zero-order valence-electron chi connectivity index (χ0n) is 19.3. The molecule has 1 heterocycles. The summed E-state index contributed by atoms with van der Waals surface area (Å²) in [7, 11) is 5.49. The molecule has 0 aliphatic rings. The predicted octanol–water partition coefficient (Wildman–Crippen LogP) is 5.05. The number of nitriles is 1. The monoisotopic (exact) mass is 451 g/mol. The number of fused-ring (bicyclic) bond motifs is 1. The van der Waals surface area contributed by atoms with E-state index >= 15 is 0 Å². The van der Waals surface area contributed by atoms with E-state index in [0.717, 1.165) is 16.6 Å². The van der Waals surface area contributed by atoms with Gasteiger partial charge in [0.2, 0.25) is 0 Å². The van der Waals surface area contributed by atoms with Crippen molar-refractivity contribution in [3.8, 4) is 11.8 Å². The Morgan fingerprint density at radius 3 is 2.44 bits per heavy atom. The number of hydrogen-bond donors (Lipinski definition) is 2. The Hall–Kier alpha value is -4.57. The van der Waals surface area contributed by atoms with Crippen LogP contribution in [0.3, 0.4) is 0 Å². The number of nitrogens with one attached hydrogen (secondary N) is 2. The van der Waals surface area contributed by atoms with Crippen LogP contribution in [0.25, 0.3) is 10.9 Å². The second-order valence-corrected chi connectivity index (χ2v) is 7.94. The standard InChI is InChI=1S/C27H25N5O2/c1-32(2)20-11-14-24-22(15-20)25(29-17-18-7-5-4-6-8-18)23(16-28)26(30-24)31-27(33)19-9-12-21(34-3)13-10-19/h4-15H,17H2,1-3H3,(H2,29,30,31,33). The van der Waals surface area contributed by atoms with Crippen LogP contribution in [-0.2, 0) is 6.54 Å². The highest BCUT2D eigenvalue weighted by atomic mass is 16.5. The molecule has 4 rings (SSSR count). The fraction of sp³-hybridized carbons (Fsp3) is 0.148. The largest absolute Gasteiger partial charge is 0.497 e. The van der Waals surface area contributed by atoms with E-state index in [-0.39, 0.29) is 17.3 Å². The molecule has 0 aliphatic heterocycles. The van der Waals surface area contributed by atoms with Gasteiger partial charge in [-0.05, 0) is 48.0 Å². The number of aromatic nitrogens is 1. The molecule has 170 valence electrons. The van der Waals surface area contributed by atoms with Gasteiger partial charge in [-0.1, -0.05) is 30.3 Å². The minimum Gasteiger partial charge on any atom is -0.497 e. The number of pyridine rings is 1. The lowest BCUT2D eigenvalue weighted by atomic mass is 10.1. The van der Waals surface area contributed by atoms with Crippen LogP contribution in [0.15, 0.2) is 72.8 Å². The first-order valence-corrected chi connectivity index (χ1v) is 10.8. The number of nitrogens with zero attached hydrogens (tertiary/aromatic N) is 3. The Bertz CT molecular complexity index is 1360. The number of methoxy groups -OCH3 is 1. The summed E-state index contributed by atoms with van der Waals surface area (Å²) >= 11 is 0. The SMILES string of the molecule is COc1ccc(C(=O)Nc2nc3ccc(N(C)C)cc3c(NCc3ccccc3)c2C#N)cc1. The van der Waals surface area contributed by atoms with E-state index in [1.807, 2.05) is 67.5 Å². The Labute approximate surface area is 198 Å². The Morgan fingerprint density at radius 2 is 1.79 bits per heavy atom. The van der Waals surface area contributed by atoms with Gasteiger partial charge in [0, 0.05) is 37.3 Å². The van der Waals surface area contributed by atoms with Crippen LogP contribution in [0, 0.1) is 11.3 Å². The molecule has 0 saturated carbocycles. The summed E-state index contributed by atoms with van der Waals surface area (Å²) in [4.78, 5) is 19.5. The molecular formula is C27H25N5O2. The van der Waals surface area contributed by atoms with Crippen LogP contribution in [0.5, 0.6) is 5.75 Å². The smallest absolute Gasteiger partial charge is 0.256 e. The van der Waals surface area contributed by atoms with E-state index in [1.165, 1.54) is 0 Å². The number of hydrogen-bond acceptors (Lipinski definition) is 6. The average molecular weight is 452 g/mol. The molecule has 0 saturated heterocycles. The summed E-state index contributed by atoms with van der Waals surface area (Å²) in [5.74, 6) is 0.510. The lowest BCUT2D eigenvalue weighted by Gasteiger charge is -2.18. The number of amides is 1. The second-order valence-electron chi connectivity index (χ2n) is 7.94. The van der Waals surface area contributed by atoms with Crippen molar-refractivity contribution < 1.29 is 9.53 Å². The molecule has 0 spiro atoms. The first kappa shape index (κ1) is 22.6. The maximum absolute atomic E-state index is 12.9. The van der Waals surface area contributed by atoms with E-state index in [2.05, 4.69) is 21.7 Å². The van der Waals surface area contributed by atoms with E-state index in [1.54, 1.807) is 31.4 Å². The molecule has 1 amide bonds. The normalized spacial score (nSPS) is 10.4. The molecule has 0 bridgehead atoms. The van der Waals surface area contributed by atoms with E-state index in [0.29, 0.717) is 29.1 Å². The summed E-state index contributed by atoms with van der Waals surface area (Å²) in [6, 6.07) is 24.8. The van der Waals surface area contributed by atoms with Crippen LogP contribution >= 0.6 is 0 Å². The third-order valence-electron chi connectivity index (χ3n) is 5.49. The van der Waals surface area contributed by atoms with Crippen molar-refractivity contribution in [2.45, 2.75) is 6.54 Å². The molecule has 0 aliphatic carbocycles. The van der Waals surface area contributed by atoms with Gasteiger partial charge in [0.15, 0.2) is 5.82 Å². The Kier molecular flexibility index (Phi) is 6.60. The maximum Gasteiger partial charge on any atom is 0.256 e. The fourth-order valence-electron chi connectivity index (χ4n) is 3.62. The van der Waals surface area contributed by atoms with Crippen molar-refractivity contribution in [1.82, 2.24) is 4.98 Å². The van der Waals surface area contributed by atoms with E-state index < -0.39 is 0 Å². The average Bonchev–Trinajstić information content (AvgIpc) is 2.87. The van der Waals surface area contributed by atoms with Crippen molar-refractivity contribution in [2.75, 3.05) is 36.7 Å². The number of benzene rings is 3. The van der Waals surface area contributed by atoms with Crippen LogP contribution in [-0.4, -0.2) is 32.1 Å². The summed E-state index contributed by atoms with van der Waals surface area (Å²) < 4.78 is 5.16. The highest BCUT2D eigenvalue weighted by molar-refractivity contribution is 6.07. The Balaban J connectivity index is 1.77. The summed E-state index contributed by atoms with van der Waals surface area (Å²) in [5, 5.41) is 17.1. The molecule has 3 aromatic carbocycles. The van der Waals surface area contributed by atoms with Gasteiger partial charge < -0.3 is 20.3 Å². The van der Waals surface area contributed by atoms with Crippen LogP contribution in [0.4, 0.5) is 17.2 Å². The minimum absolute atomic E-state index is 0.212. The number of ether oxygens (including phenoxy) is 1. The van der Waals surface area contributed by atoms with E-state index in [4.69, 9.17) is 4.74 Å². The van der Waals surface area contributed by atoms with Crippen molar-refractivity contribution in [3.05, 3.63) is 89.5 Å². The van der Waals surface area contributed by atoms with E-state index in [9.17, 15) is 10.1 Å². The highest BCUT2D eigenvalue weighted by Gasteiger charge is 2.18. The summed E-state index contributed by atoms with van der Waals surface area (Å²) in [6.07, 6.45) is 0. The van der Waals surface area contributed by atoms with Crippen molar-refractivity contribution >= 4 is 34.0 Å². The fourth-order valence-corrected chi connectivity index (χ4v) is 3.62. The van der Waals surface area contributed by atoms with Crippen molar-refractivity contribution in [2.24, 2.45) is 0 Å². The van der Waals surface area contributed by atoms with Gasteiger partial charge in [0.05, 0.1) is 18.3 Å². The molecule has 0 atom stereocenters. The molecule has 0 radical (unpaired) electrons. The predicted molar refractivity (Wildman–Crippen MR) is 136 cm³/mol. The third-order valence-corrected chi connectivity index (χ3v) is 5.49. The molecule has 0 fully saturated rings. The first-order chi connectivity index (χ1) is 16.5. The zero-order valence-corrected chi connectivity index (χ0v) is 19.3. The van der Waals surface area contributed by atoms with Crippen LogP contribution < -0.4 is 20.3 Å². The number of carbonyl (C=O) groups is 1. The van der Waals surface area contributed by atoms with Crippen LogP contribution in [0.1, 0.15) is 21.5 Å². The van der Waals surface area contributed by atoms with Gasteiger partial charge >= 0.3 is 0 Å². The molecule has 0 unspecified atom stereocenters. The van der Waals surface area contributed by atoms with Gasteiger partial charge in [0.1, 0.15) is 17.4 Å². The molecule has 7 heteroatoms. The number of rotatable bonds is 7. The quantitative estimate of drug-likeness (QED) is 0.409. The molecular weight excluding hydrogens is 426 g/mol. The van der Waals surface area contributed by atoms with Gasteiger partial charge in [-0.3, -0.25) is 4.79 Å². The maximum atomic E-state index is 12.9. The first-order valence-electron chi connectivity index (χ1n) is 10.8. The summed E-state index contributed by atoms with van der Waals surface area (Å²) in [5.41, 5.74) is 4.07. The molecule has 4 aromatic rings. The van der Waals surface area contributed by atoms with Crippen molar-refractivity contribution in [3.63, 3.8) is 0 Å². The minimum atomic E-state index is -0.357. The van der Waals surface area contributed by atoms with Gasteiger partial charge in [-0.15, -0.1) is 0 Å². The topological polar surface area (TPSA) is 90.3 Å². The molecule has 2 N–H and O–H groups in total. The van der Waals surface area contributed by atoms with Gasteiger partial charge in [-0.2, -0.15) is 5.26 Å². The Morgan fingerprint density at radius 1 is 1.06 bits per heavy atom. The molecule has 7 nitrogen and oxygen atoms in total. The zero-order chi connectivity index (χ0) is 24.1. The van der Waals surface area contributed by atoms with Gasteiger partial charge in [-0.25, -0.2) is 4.98 Å².